The Morgan fingerprint density at radius 2 is 2.10 bits per heavy atom. The summed E-state index contributed by atoms with van der Waals surface area (Å²) < 4.78 is 5.29. The Kier molecular flexibility index (Phi) is 7.11. The highest BCUT2D eigenvalue weighted by Gasteiger charge is 2.43. The Morgan fingerprint density at radius 1 is 1.29 bits per heavy atom. The zero-order valence-corrected chi connectivity index (χ0v) is 19.6. The van der Waals surface area contributed by atoms with Crippen LogP contribution in [-0.4, -0.2) is 39.5 Å². The van der Waals surface area contributed by atoms with E-state index in [2.05, 4.69) is 22.2 Å². The average molecular weight is 464 g/mol. The molecule has 31 heavy (non-hydrogen) atoms. The molecule has 168 valence electrons. The first-order valence-electron chi connectivity index (χ1n) is 11.1. The molecule has 3 atom stereocenters. The van der Waals surface area contributed by atoms with Gasteiger partial charge in [0.15, 0.2) is 5.16 Å². The van der Waals surface area contributed by atoms with E-state index >= 15 is 0 Å². The predicted molar refractivity (Wildman–Crippen MR) is 122 cm³/mol. The summed E-state index contributed by atoms with van der Waals surface area (Å²) in [5.41, 5.74) is 2.17. The summed E-state index contributed by atoms with van der Waals surface area (Å²) in [5, 5.41) is 4.37. The van der Waals surface area contributed by atoms with Crippen LogP contribution in [0.15, 0.2) is 20.6 Å². The lowest BCUT2D eigenvalue weighted by molar-refractivity contribution is -0.139. The third-order valence-electron chi connectivity index (χ3n) is 6.20. The predicted octanol–water partition coefficient (Wildman–Crippen LogP) is 3.18. The number of ether oxygens (including phenoxy) is 1. The first-order valence-corrected chi connectivity index (χ1v) is 13.0. The molecule has 4 rings (SSSR count). The SMILES string of the molecule is CCOC(=O)C1=C(NC(=O)CSc2nc3c(c(=O)[nH]2)CCCC3)SC2CC(C)CCC12. The third kappa shape index (κ3) is 5.03. The molecule has 0 saturated heterocycles. The molecule has 2 heterocycles. The largest absolute Gasteiger partial charge is 0.463 e. The van der Waals surface area contributed by atoms with Crippen LogP contribution in [0.4, 0.5) is 0 Å². The molecule has 2 aliphatic carbocycles. The minimum atomic E-state index is -0.319. The van der Waals surface area contributed by atoms with E-state index in [1.807, 2.05) is 0 Å². The Balaban J connectivity index is 1.44. The third-order valence-corrected chi connectivity index (χ3v) is 8.45. The molecule has 7 nitrogen and oxygen atoms in total. The van der Waals surface area contributed by atoms with Gasteiger partial charge in [0.05, 0.1) is 28.7 Å². The molecule has 3 aliphatic rings. The monoisotopic (exact) mass is 463 g/mol. The van der Waals surface area contributed by atoms with E-state index in [0.717, 1.165) is 56.2 Å². The van der Waals surface area contributed by atoms with Gasteiger partial charge in [0, 0.05) is 16.7 Å². The number of carbonyl (C=O) groups excluding carboxylic acids is 2. The molecule has 1 aromatic heterocycles. The summed E-state index contributed by atoms with van der Waals surface area (Å²) in [7, 11) is 0. The fourth-order valence-corrected chi connectivity index (χ4v) is 7.05. The van der Waals surface area contributed by atoms with E-state index < -0.39 is 0 Å². The number of fused-ring (bicyclic) bond motifs is 2. The number of nitrogens with one attached hydrogen (secondary N) is 2. The van der Waals surface area contributed by atoms with Crippen molar-refractivity contribution >= 4 is 35.4 Å². The number of aromatic amines is 1. The molecule has 1 amide bonds. The highest BCUT2D eigenvalue weighted by molar-refractivity contribution is 8.04. The van der Waals surface area contributed by atoms with Crippen LogP contribution in [0.3, 0.4) is 0 Å². The van der Waals surface area contributed by atoms with Crippen LogP contribution in [-0.2, 0) is 27.2 Å². The van der Waals surface area contributed by atoms with Crippen molar-refractivity contribution < 1.29 is 14.3 Å². The van der Waals surface area contributed by atoms with Crippen LogP contribution < -0.4 is 10.9 Å². The van der Waals surface area contributed by atoms with Crippen LogP contribution in [0, 0.1) is 11.8 Å². The van der Waals surface area contributed by atoms with Gasteiger partial charge in [0.25, 0.3) is 5.56 Å². The number of aryl methyl sites for hydroxylation is 1. The van der Waals surface area contributed by atoms with Crippen molar-refractivity contribution in [3.05, 3.63) is 32.2 Å². The number of H-pyrrole nitrogens is 1. The summed E-state index contributed by atoms with van der Waals surface area (Å²) in [5.74, 6) is 0.354. The van der Waals surface area contributed by atoms with E-state index in [4.69, 9.17) is 4.74 Å². The Labute approximate surface area is 190 Å². The van der Waals surface area contributed by atoms with Crippen molar-refractivity contribution in [1.29, 1.82) is 0 Å². The standard InChI is InChI=1S/C22H29N3O4S2/c1-3-29-21(28)18-14-9-8-12(2)10-16(14)31-20(18)24-17(26)11-30-22-23-15-7-5-4-6-13(15)19(27)25-22/h12,14,16H,3-11H2,1-2H3,(H,24,26)(H,23,25,27). The Hall–Kier alpha value is -1.74. The summed E-state index contributed by atoms with van der Waals surface area (Å²) in [6.45, 7) is 4.35. The van der Waals surface area contributed by atoms with Gasteiger partial charge in [-0.05, 0) is 51.4 Å². The zero-order chi connectivity index (χ0) is 22.0. The first kappa shape index (κ1) is 22.5. The molecular formula is C22H29N3O4S2. The van der Waals surface area contributed by atoms with Crippen molar-refractivity contribution in [2.24, 2.45) is 11.8 Å². The topological polar surface area (TPSA) is 101 Å². The molecule has 0 radical (unpaired) electrons. The van der Waals surface area contributed by atoms with Gasteiger partial charge >= 0.3 is 5.97 Å². The molecule has 9 heteroatoms. The summed E-state index contributed by atoms with van der Waals surface area (Å²) in [6, 6.07) is 0. The average Bonchev–Trinajstić information content (AvgIpc) is 3.09. The van der Waals surface area contributed by atoms with E-state index in [1.165, 1.54) is 11.8 Å². The number of hydrogen-bond donors (Lipinski definition) is 2. The quantitative estimate of drug-likeness (QED) is 0.380. The van der Waals surface area contributed by atoms with Crippen molar-refractivity contribution in [1.82, 2.24) is 15.3 Å². The van der Waals surface area contributed by atoms with Gasteiger partial charge < -0.3 is 15.0 Å². The van der Waals surface area contributed by atoms with Crippen molar-refractivity contribution in [2.45, 2.75) is 69.2 Å². The molecule has 0 bridgehead atoms. The number of rotatable bonds is 6. The summed E-state index contributed by atoms with van der Waals surface area (Å²) >= 11 is 2.81. The van der Waals surface area contributed by atoms with E-state index in [1.54, 1.807) is 18.7 Å². The molecule has 0 aromatic carbocycles. The van der Waals surface area contributed by atoms with Crippen LogP contribution in [0.2, 0.25) is 0 Å². The minimum Gasteiger partial charge on any atom is -0.463 e. The van der Waals surface area contributed by atoms with Crippen LogP contribution in [0.1, 0.15) is 57.2 Å². The van der Waals surface area contributed by atoms with Crippen LogP contribution in [0.25, 0.3) is 0 Å². The second-order valence-corrected chi connectivity index (χ2v) is 10.7. The zero-order valence-electron chi connectivity index (χ0n) is 18.0. The number of aromatic nitrogens is 2. The first-order chi connectivity index (χ1) is 15.0. The maximum Gasteiger partial charge on any atom is 0.336 e. The van der Waals surface area contributed by atoms with Gasteiger partial charge in [-0.3, -0.25) is 9.59 Å². The molecule has 1 fully saturated rings. The van der Waals surface area contributed by atoms with Crippen LogP contribution >= 0.6 is 23.5 Å². The minimum absolute atomic E-state index is 0.0931. The molecular weight excluding hydrogens is 434 g/mol. The lowest BCUT2D eigenvalue weighted by Gasteiger charge is -2.29. The Bertz CT molecular complexity index is 959. The van der Waals surface area contributed by atoms with E-state index in [-0.39, 0.29) is 29.1 Å². The van der Waals surface area contributed by atoms with Crippen molar-refractivity contribution in [3.8, 4) is 0 Å². The second kappa shape index (κ2) is 9.81. The number of hydrogen-bond acceptors (Lipinski definition) is 7. The van der Waals surface area contributed by atoms with E-state index in [0.29, 0.717) is 33.5 Å². The number of thioether (sulfide) groups is 2. The number of carbonyl (C=O) groups is 2. The van der Waals surface area contributed by atoms with Gasteiger partial charge in [-0.25, -0.2) is 9.78 Å². The number of nitrogens with zero attached hydrogens (tertiary/aromatic N) is 1. The maximum absolute atomic E-state index is 12.7. The highest BCUT2D eigenvalue weighted by atomic mass is 32.2. The summed E-state index contributed by atoms with van der Waals surface area (Å²) in [4.78, 5) is 45.0. The van der Waals surface area contributed by atoms with Crippen molar-refractivity contribution in [2.75, 3.05) is 12.4 Å². The smallest absolute Gasteiger partial charge is 0.336 e. The Morgan fingerprint density at radius 3 is 2.90 bits per heavy atom. The normalized spacial score (nSPS) is 25.0. The highest BCUT2D eigenvalue weighted by Crippen LogP contribution is 2.49. The molecule has 1 saturated carbocycles. The van der Waals surface area contributed by atoms with Gasteiger partial charge in [-0.15, -0.1) is 11.8 Å². The fourth-order valence-electron chi connectivity index (χ4n) is 4.67. The van der Waals surface area contributed by atoms with Gasteiger partial charge in [-0.2, -0.15) is 0 Å². The van der Waals surface area contributed by atoms with E-state index in [9.17, 15) is 14.4 Å². The molecule has 0 spiro atoms. The van der Waals surface area contributed by atoms with Crippen molar-refractivity contribution in [3.63, 3.8) is 0 Å². The van der Waals surface area contributed by atoms with Gasteiger partial charge in [0.2, 0.25) is 5.91 Å². The molecule has 3 unspecified atom stereocenters. The molecule has 1 aliphatic heterocycles. The lowest BCUT2D eigenvalue weighted by Crippen LogP contribution is -2.28. The number of esters is 1. The number of amides is 1. The molecule has 2 N–H and O–H groups in total. The maximum atomic E-state index is 12.7. The summed E-state index contributed by atoms with van der Waals surface area (Å²) in [6.07, 6.45) is 6.70. The second-order valence-electron chi connectivity index (χ2n) is 8.48. The van der Waals surface area contributed by atoms with Gasteiger partial charge in [-0.1, -0.05) is 25.1 Å². The van der Waals surface area contributed by atoms with Gasteiger partial charge in [0.1, 0.15) is 0 Å². The van der Waals surface area contributed by atoms with Crippen LogP contribution in [0.5, 0.6) is 0 Å². The fraction of sp³-hybridized carbons (Fsp3) is 0.636. The molecule has 1 aromatic rings. The lowest BCUT2D eigenvalue weighted by atomic mass is 9.79.